The minimum absolute atomic E-state index is 0.655. The highest BCUT2D eigenvalue weighted by molar-refractivity contribution is 4.96. The molecule has 6 nitrogen and oxygen atoms in total. The van der Waals surface area contributed by atoms with E-state index in [1.807, 2.05) is 6.07 Å². The number of aromatic amines is 1. The van der Waals surface area contributed by atoms with Crippen molar-refractivity contribution in [1.82, 2.24) is 25.7 Å². The van der Waals surface area contributed by atoms with Crippen LogP contribution < -0.4 is 5.32 Å². The molecule has 0 aliphatic carbocycles. The molecule has 2 aromatic heterocycles. The van der Waals surface area contributed by atoms with Gasteiger partial charge >= 0.3 is 0 Å². The lowest BCUT2D eigenvalue weighted by Crippen LogP contribution is -2.17. The summed E-state index contributed by atoms with van der Waals surface area (Å²) in [5.41, 5.74) is 1.07. The Bertz CT molecular complexity index is 305. The van der Waals surface area contributed by atoms with E-state index >= 15 is 0 Å². The van der Waals surface area contributed by atoms with Gasteiger partial charge in [-0.15, -0.1) is 0 Å². The first-order valence-electron chi connectivity index (χ1n) is 4.39. The first kappa shape index (κ1) is 8.89. The highest BCUT2D eigenvalue weighted by atomic mass is 16.5. The highest BCUT2D eigenvalue weighted by Gasteiger charge is 1.98. The summed E-state index contributed by atoms with van der Waals surface area (Å²) in [6.45, 7) is 1.58. The second-order valence-corrected chi connectivity index (χ2v) is 2.84. The van der Waals surface area contributed by atoms with Gasteiger partial charge in [0.25, 0.3) is 0 Å². The zero-order chi connectivity index (χ0) is 9.64. The van der Waals surface area contributed by atoms with Gasteiger partial charge < -0.3 is 9.84 Å². The zero-order valence-electron chi connectivity index (χ0n) is 7.60. The van der Waals surface area contributed by atoms with Crippen molar-refractivity contribution in [1.29, 1.82) is 0 Å². The molecule has 2 aromatic rings. The maximum absolute atomic E-state index is 4.85. The SMILES string of the molecule is c1cc(CNCCc2ncno2)[nH]n1. The molecule has 0 fully saturated rings. The van der Waals surface area contributed by atoms with Gasteiger partial charge in [-0.25, -0.2) is 0 Å². The Morgan fingerprint density at radius 1 is 1.50 bits per heavy atom. The summed E-state index contributed by atoms with van der Waals surface area (Å²) < 4.78 is 4.85. The van der Waals surface area contributed by atoms with Gasteiger partial charge in [-0.2, -0.15) is 10.1 Å². The smallest absolute Gasteiger partial charge is 0.227 e. The lowest BCUT2D eigenvalue weighted by atomic mass is 10.4. The molecule has 2 N–H and O–H groups in total. The van der Waals surface area contributed by atoms with Crippen molar-refractivity contribution in [2.45, 2.75) is 13.0 Å². The first-order chi connectivity index (χ1) is 6.95. The summed E-state index contributed by atoms with van der Waals surface area (Å²) in [4.78, 5) is 3.91. The average Bonchev–Trinajstić information content (AvgIpc) is 2.86. The number of rotatable bonds is 5. The van der Waals surface area contributed by atoms with E-state index in [0.29, 0.717) is 5.89 Å². The second-order valence-electron chi connectivity index (χ2n) is 2.84. The Labute approximate surface area is 80.7 Å². The molecule has 0 saturated carbocycles. The molecule has 0 bridgehead atoms. The molecule has 0 radical (unpaired) electrons. The summed E-state index contributed by atoms with van der Waals surface area (Å²) in [6.07, 6.45) is 3.88. The summed E-state index contributed by atoms with van der Waals surface area (Å²) in [5.74, 6) is 0.655. The minimum atomic E-state index is 0.655. The quantitative estimate of drug-likeness (QED) is 0.659. The van der Waals surface area contributed by atoms with Crippen molar-refractivity contribution in [3.8, 4) is 0 Å². The molecular formula is C8H11N5O. The van der Waals surface area contributed by atoms with Crippen molar-refractivity contribution in [2.75, 3.05) is 6.54 Å². The van der Waals surface area contributed by atoms with Crippen molar-refractivity contribution < 1.29 is 4.52 Å². The van der Waals surface area contributed by atoms with E-state index in [1.54, 1.807) is 6.20 Å². The molecule has 2 rings (SSSR count). The van der Waals surface area contributed by atoms with Crippen molar-refractivity contribution in [3.63, 3.8) is 0 Å². The fourth-order valence-electron chi connectivity index (χ4n) is 1.11. The van der Waals surface area contributed by atoms with Crippen LogP contribution in [0, 0.1) is 0 Å². The van der Waals surface area contributed by atoms with Gasteiger partial charge in [0.05, 0.1) is 0 Å². The van der Waals surface area contributed by atoms with Gasteiger partial charge in [0.2, 0.25) is 5.89 Å². The standard InChI is InChI=1S/C8H11N5O/c1-4-11-13-7(1)5-9-3-2-8-10-6-12-14-8/h1,4,6,9H,2-3,5H2,(H,11,13). The molecule has 2 heterocycles. The first-order valence-corrected chi connectivity index (χ1v) is 4.39. The van der Waals surface area contributed by atoms with Crippen LogP contribution in [0.15, 0.2) is 23.1 Å². The molecule has 14 heavy (non-hydrogen) atoms. The van der Waals surface area contributed by atoms with Crippen LogP contribution in [0.5, 0.6) is 0 Å². The predicted octanol–water partition coefficient (Wildman–Crippen LogP) is 0.125. The van der Waals surface area contributed by atoms with Gasteiger partial charge in [0.1, 0.15) is 0 Å². The predicted molar refractivity (Wildman–Crippen MR) is 48.3 cm³/mol. The highest BCUT2D eigenvalue weighted by Crippen LogP contribution is 1.92. The Kier molecular flexibility index (Phi) is 2.87. The second kappa shape index (κ2) is 4.52. The van der Waals surface area contributed by atoms with Gasteiger partial charge in [-0.1, -0.05) is 5.16 Å². The third-order valence-corrected chi connectivity index (χ3v) is 1.80. The van der Waals surface area contributed by atoms with E-state index in [9.17, 15) is 0 Å². The van der Waals surface area contributed by atoms with Gasteiger partial charge in [-0.05, 0) is 6.07 Å². The maximum Gasteiger partial charge on any atom is 0.227 e. The molecule has 0 aliphatic rings. The molecule has 0 saturated heterocycles. The number of hydrogen-bond acceptors (Lipinski definition) is 5. The number of hydrogen-bond donors (Lipinski definition) is 2. The molecular weight excluding hydrogens is 182 g/mol. The Morgan fingerprint density at radius 3 is 3.21 bits per heavy atom. The monoisotopic (exact) mass is 193 g/mol. The Morgan fingerprint density at radius 2 is 2.50 bits per heavy atom. The molecule has 0 unspecified atom stereocenters. The third kappa shape index (κ3) is 2.40. The average molecular weight is 193 g/mol. The van der Waals surface area contributed by atoms with Crippen LogP contribution in [0.25, 0.3) is 0 Å². The largest absolute Gasteiger partial charge is 0.340 e. The molecule has 0 amide bonds. The van der Waals surface area contributed by atoms with E-state index in [2.05, 4.69) is 25.7 Å². The summed E-state index contributed by atoms with van der Waals surface area (Å²) in [6, 6.07) is 1.93. The summed E-state index contributed by atoms with van der Waals surface area (Å²) >= 11 is 0. The lowest BCUT2D eigenvalue weighted by molar-refractivity contribution is 0.374. The van der Waals surface area contributed by atoms with Crippen molar-refractivity contribution in [3.05, 3.63) is 30.2 Å². The zero-order valence-corrected chi connectivity index (χ0v) is 7.60. The van der Waals surface area contributed by atoms with E-state index < -0.39 is 0 Å². The van der Waals surface area contributed by atoms with Gasteiger partial charge in [0, 0.05) is 31.4 Å². The normalized spacial score (nSPS) is 10.6. The Hall–Kier alpha value is -1.69. The van der Waals surface area contributed by atoms with E-state index in [4.69, 9.17) is 4.52 Å². The van der Waals surface area contributed by atoms with Crippen molar-refractivity contribution >= 4 is 0 Å². The molecule has 0 spiro atoms. The van der Waals surface area contributed by atoms with Gasteiger partial charge in [-0.3, -0.25) is 5.10 Å². The van der Waals surface area contributed by atoms with Crippen LogP contribution in [0.1, 0.15) is 11.6 Å². The van der Waals surface area contributed by atoms with E-state index in [1.165, 1.54) is 6.33 Å². The molecule has 0 aliphatic heterocycles. The molecule has 0 aromatic carbocycles. The van der Waals surface area contributed by atoms with Crippen LogP contribution in [0.2, 0.25) is 0 Å². The fraction of sp³-hybridized carbons (Fsp3) is 0.375. The van der Waals surface area contributed by atoms with Crippen molar-refractivity contribution in [2.24, 2.45) is 0 Å². The van der Waals surface area contributed by atoms with Crippen LogP contribution in [-0.2, 0) is 13.0 Å². The minimum Gasteiger partial charge on any atom is -0.340 e. The lowest BCUT2D eigenvalue weighted by Gasteiger charge is -1.99. The van der Waals surface area contributed by atoms with Crippen LogP contribution in [-0.4, -0.2) is 26.9 Å². The number of H-pyrrole nitrogens is 1. The topological polar surface area (TPSA) is 79.6 Å². The fourth-order valence-corrected chi connectivity index (χ4v) is 1.11. The summed E-state index contributed by atoms with van der Waals surface area (Å²) in [7, 11) is 0. The van der Waals surface area contributed by atoms with Crippen LogP contribution in [0.4, 0.5) is 0 Å². The number of aromatic nitrogens is 4. The summed E-state index contributed by atoms with van der Waals surface area (Å²) in [5, 5.41) is 13.5. The molecule has 6 heteroatoms. The van der Waals surface area contributed by atoms with E-state index in [0.717, 1.165) is 25.2 Å². The van der Waals surface area contributed by atoms with Crippen LogP contribution in [0.3, 0.4) is 0 Å². The molecule has 0 atom stereocenters. The van der Waals surface area contributed by atoms with Gasteiger partial charge in [0.15, 0.2) is 6.33 Å². The third-order valence-electron chi connectivity index (χ3n) is 1.80. The molecule has 74 valence electrons. The number of nitrogens with one attached hydrogen (secondary N) is 2. The van der Waals surface area contributed by atoms with Crippen LogP contribution >= 0.6 is 0 Å². The van der Waals surface area contributed by atoms with E-state index in [-0.39, 0.29) is 0 Å². The maximum atomic E-state index is 4.85. The number of nitrogens with zero attached hydrogens (tertiary/aromatic N) is 3. The Balaban J connectivity index is 1.65.